The molecule has 1 atom stereocenters. The molecular formula is C25H24N2O6. The van der Waals surface area contributed by atoms with Gasteiger partial charge in [-0.1, -0.05) is 50.2 Å². The van der Waals surface area contributed by atoms with E-state index in [1.807, 2.05) is 26.0 Å². The maximum absolute atomic E-state index is 13.2. The fourth-order valence-electron chi connectivity index (χ4n) is 4.07. The van der Waals surface area contributed by atoms with Crippen LogP contribution in [0.2, 0.25) is 0 Å². The SMILES string of the molecule is CC(C)c1ccc(C(c2c(O)c3ccccc3oc2=O)c2c(O)n(C)c(=O)n(C)c2=O)cc1. The van der Waals surface area contributed by atoms with Crippen molar-refractivity contribution in [3.63, 3.8) is 0 Å². The Hall–Kier alpha value is -4.07. The average Bonchev–Trinajstić information content (AvgIpc) is 2.80. The lowest BCUT2D eigenvalue weighted by Gasteiger charge is -2.21. The zero-order valence-electron chi connectivity index (χ0n) is 18.7. The third-order valence-corrected chi connectivity index (χ3v) is 6.00. The van der Waals surface area contributed by atoms with Gasteiger partial charge < -0.3 is 14.6 Å². The van der Waals surface area contributed by atoms with Crippen molar-refractivity contribution < 1.29 is 14.6 Å². The van der Waals surface area contributed by atoms with Crippen molar-refractivity contribution >= 4 is 11.0 Å². The molecule has 33 heavy (non-hydrogen) atoms. The summed E-state index contributed by atoms with van der Waals surface area (Å²) in [6.45, 7) is 4.07. The molecule has 0 fully saturated rings. The second kappa shape index (κ2) is 8.12. The molecule has 1 unspecified atom stereocenters. The standard InChI is InChI=1S/C25H24N2O6/c1-13(2)14-9-11-15(12-10-14)18(20-22(29)26(3)25(32)27(4)23(20)30)19-21(28)16-7-5-6-8-17(16)33-24(19)31/h5-13,18,28-29H,1-4H3. The van der Waals surface area contributed by atoms with E-state index in [1.165, 1.54) is 14.1 Å². The number of aromatic hydroxyl groups is 2. The number of para-hydroxylation sites is 1. The molecule has 170 valence electrons. The van der Waals surface area contributed by atoms with Crippen LogP contribution >= 0.6 is 0 Å². The van der Waals surface area contributed by atoms with E-state index in [0.717, 1.165) is 14.7 Å². The Morgan fingerprint density at radius 2 is 1.42 bits per heavy atom. The van der Waals surface area contributed by atoms with Crippen LogP contribution in [0.25, 0.3) is 11.0 Å². The van der Waals surface area contributed by atoms with Gasteiger partial charge in [0, 0.05) is 14.1 Å². The van der Waals surface area contributed by atoms with Gasteiger partial charge in [-0.2, -0.15) is 0 Å². The lowest BCUT2D eigenvalue weighted by Crippen LogP contribution is -2.40. The topological polar surface area (TPSA) is 115 Å². The zero-order valence-corrected chi connectivity index (χ0v) is 18.7. The number of benzene rings is 2. The highest BCUT2D eigenvalue weighted by Gasteiger charge is 2.32. The summed E-state index contributed by atoms with van der Waals surface area (Å²) >= 11 is 0. The van der Waals surface area contributed by atoms with Gasteiger partial charge in [0.1, 0.15) is 11.3 Å². The predicted octanol–water partition coefficient (Wildman–Crippen LogP) is 2.91. The summed E-state index contributed by atoms with van der Waals surface area (Å²) in [5, 5.41) is 22.3. The van der Waals surface area contributed by atoms with Gasteiger partial charge in [0.2, 0.25) is 5.88 Å². The lowest BCUT2D eigenvalue weighted by atomic mass is 9.84. The van der Waals surface area contributed by atoms with Crippen LogP contribution in [0.1, 0.15) is 47.9 Å². The minimum absolute atomic E-state index is 0.190. The minimum atomic E-state index is -1.18. The Bertz CT molecular complexity index is 1540. The van der Waals surface area contributed by atoms with Gasteiger partial charge in [-0.05, 0) is 29.2 Å². The highest BCUT2D eigenvalue weighted by Crippen LogP contribution is 2.39. The van der Waals surface area contributed by atoms with Crippen molar-refractivity contribution in [2.24, 2.45) is 14.1 Å². The van der Waals surface area contributed by atoms with E-state index in [2.05, 4.69) is 0 Å². The van der Waals surface area contributed by atoms with Gasteiger partial charge in [0.15, 0.2) is 0 Å². The second-order valence-corrected chi connectivity index (χ2v) is 8.35. The largest absolute Gasteiger partial charge is 0.507 e. The Balaban J connectivity index is 2.14. The van der Waals surface area contributed by atoms with Crippen molar-refractivity contribution in [3.05, 3.63) is 102 Å². The first-order valence-corrected chi connectivity index (χ1v) is 10.5. The number of rotatable bonds is 4. The number of hydrogen-bond acceptors (Lipinski definition) is 6. The summed E-state index contributed by atoms with van der Waals surface area (Å²) in [5.41, 5.74) is -1.06. The maximum Gasteiger partial charge on any atom is 0.344 e. The molecule has 0 saturated carbocycles. The van der Waals surface area contributed by atoms with Crippen LogP contribution in [0.15, 0.2) is 67.3 Å². The van der Waals surface area contributed by atoms with Gasteiger partial charge in [0.05, 0.1) is 22.4 Å². The highest BCUT2D eigenvalue weighted by atomic mass is 16.4. The molecule has 8 nitrogen and oxygen atoms in total. The van der Waals surface area contributed by atoms with Crippen molar-refractivity contribution in [2.75, 3.05) is 0 Å². The molecule has 0 bridgehead atoms. The van der Waals surface area contributed by atoms with Crippen LogP contribution < -0.4 is 16.9 Å². The third kappa shape index (κ3) is 3.53. The molecule has 0 saturated heterocycles. The molecule has 2 N–H and O–H groups in total. The molecule has 8 heteroatoms. The molecule has 2 heterocycles. The molecular weight excluding hydrogens is 424 g/mol. The maximum atomic E-state index is 13.2. The number of hydrogen-bond donors (Lipinski definition) is 2. The van der Waals surface area contributed by atoms with Gasteiger partial charge in [-0.3, -0.25) is 13.9 Å². The Morgan fingerprint density at radius 3 is 2.06 bits per heavy atom. The Morgan fingerprint density at radius 1 is 0.818 bits per heavy atom. The van der Waals surface area contributed by atoms with Gasteiger partial charge in [0.25, 0.3) is 5.56 Å². The van der Waals surface area contributed by atoms with Crippen LogP contribution in [0.3, 0.4) is 0 Å². The van der Waals surface area contributed by atoms with E-state index in [9.17, 15) is 24.6 Å². The molecule has 4 aromatic rings. The third-order valence-electron chi connectivity index (χ3n) is 6.00. The molecule has 2 aromatic carbocycles. The van der Waals surface area contributed by atoms with Gasteiger partial charge >= 0.3 is 11.3 Å². The van der Waals surface area contributed by atoms with Crippen molar-refractivity contribution in [1.29, 1.82) is 0 Å². The van der Waals surface area contributed by atoms with Crippen molar-refractivity contribution in [1.82, 2.24) is 9.13 Å². The summed E-state index contributed by atoms with van der Waals surface area (Å²) in [4.78, 5) is 38.6. The van der Waals surface area contributed by atoms with Crippen LogP contribution in [-0.4, -0.2) is 19.3 Å². The molecule has 0 radical (unpaired) electrons. The predicted molar refractivity (Wildman–Crippen MR) is 124 cm³/mol. The minimum Gasteiger partial charge on any atom is -0.507 e. The van der Waals surface area contributed by atoms with E-state index in [-0.39, 0.29) is 33.8 Å². The first-order valence-electron chi connectivity index (χ1n) is 10.5. The number of aromatic nitrogens is 2. The summed E-state index contributed by atoms with van der Waals surface area (Å²) < 4.78 is 7.22. The first kappa shape index (κ1) is 22.1. The quantitative estimate of drug-likeness (QED) is 0.464. The van der Waals surface area contributed by atoms with E-state index < -0.39 is 28.7 Å². The summed E-state index contributed by atoms with van der Waals surface area (Å²) in [5.74, 6) is -1.88. The Labute approximate surface area is 188 Å². The zero-order chi connectivity index (χ0) is 24.0. The van der Waals surface area contributed by atoms with Crippen LogP contribution in [0, 0.1) is 0 Å². The molecule has 0 aliphatic carbocycles. The van der Waals surface area contributed by atoms with Crippen molar-refractivity contribution in [3.8, 4) is 11.6 Å². The van der Waals surface area contributed by atoms with E-state index in [0.29, 0.717) is 5.56 Å². The normalized spacial score (nSPS) is 12.4. The summed E-state index contributed by atoms with van der Waals surface area (Å²) in [7, 11) is 2.61. The molecule has 4 rings (SSSR count). The van der Waals surface area contributed by atoms with E-state index >= 15 is 0 Å². The van der Waals surface area contributed by atoms with Gasteiger partial charge in [-0.25, -0.2) is 9.59 Å². The molecule has 0 spiro atoms. The number of nitrogens with zero attached hydrogens (tertiary/aromatic N) is 2. The van der Waals surface area contributed by atoms with Crippen LogP contribution in [0.5, 0.6) is 11.6 Å². The fraction of sp³-hybridized carbons (Fsp3) is 0.240. The van der Waals surface area contributed by atoms with Crippen LogP contribution in [-0.2, 0) is 14.1 Å². The van der Waals surface area contributed by atoms with E-state index in [4.69, 9.17) is 4.42 Å². The monoisotopic (exact) mass is 448 g/mol. The first-order chi connectivity index (χ1) is 15.6. The molecule has 0 aliphatic heterocycles. The molecule has 2 aromatic heterocycles. The van der Waals surface area contributed by atoms with Gasteiger partial charge in [-0.15, -0.1) is 0 Å². The lowest BCUT2D eigenvalue weighted by molar-refractivity contribution is 0.399. The summed E-state index contributed by atoms with van der Waals surface area (Å²) in [6, 6.07) is 13.7. The smallest absolute Gasteiger partial charge is 0.344 e. The average molecular weight is 448 g/mol. The highest BCUT2D eigenvalue weighted by molar-refractivity contribution is 5.84. The number of fused-ring (bicyclic) bond motifs is 1. The Kier molecular flexibility index (Phi) is 5.45. The fourth-order valence-corrected chi connectivity index (χ4v) is 4.07. The van der Waals surface area contributed by atoms with Crippen molar-refractivity contribution in [2.45, 2.75) is 25.7 Å². The van der Waals surface area contributed by atoms with E-state index in [1.54, 1.807) is 36.4 Å². The summed E-state index contributed by atoms with van der Waals surface area (Å²) in [6.07, 6.45) is 0. The molecule has 0 aliphatic rings. The van der Waals surface area contributed by atoms with Crippen LogP contribution in [0.4, 0.5) is 0 Å². The molecule has 0 amide bonds. The second-order valence-electron chi connectivity index (χ2n) is 8.35.